The predicted octanol–water partition coefficient (Wildman–Crippen LogP) is 18.8. The lowest BCUT2D eigenvalue weighted by Gasteiger charge is -2.25. The van der Waals surface area contributed by atoms with Crippen molar-refractivity contribution in [3.8, 4) is 45.3 Å². The SMILES string of the molecule is Cc1cc(-c2nc(-c3ccccc3)no2)c(C)cc1-c1cc(-n2c3ccccc3c3cc(N(c4ccccc4)c4ccccc4)ccc32)cc(-n2c3ccccc3c3cc(N(c4ccccc4)c4ccccc4)ccc32)c1. The van der Waals surface area contributed by atoms with Gasteiger partial charge in [-0.2, -0.15) is 4.98 Å². The monoisotopic (exact) mass is 990 g/mol. The van der Waals surface area contributed by atoms with E-state index in [1.165, 1.54) is 21.5 Å². The fourth-order valence-corrected chi connectivity index (χ4v) is 11.4. The second-order valence-electron chi connectivity index (χ2n) is 19.6. The van der Waals surface area contributed by atoms with Crippen molar-refractivity contribution in [3.63, 3.8) is 0 Å². The van der Waals surface area contributed by atoms with Crippen molar-refractivity contribution in [3.05, 3.63) is 278 Å². The van der Waals surface area contributed by atoms with Crippen LogP contribution in [0.1, 0.15) is 11.1 Å². The Morgan fingerprint density at radius 2 is 0.714 bits per heavy atom. The summed E-state index contributed by atoms with van der Waals surface area (Å²) in [6.45, 7) is 4.31. The van der Waals surface area contributed by atoms with Gasteiger partial charge in [-0.3, -0.25) is 0 Å². The van der Waals surface area contributed by atoms with Gasteiger partial charge >= 0.3 is 0 Å². The number of benzene rings is 11. The number of anilines is 6. The molecule has 0 atom stereocenters. The molecule has 0 aliphatic heterocycles. The van der Waals surface area contributed by atoms with Gasteiger partial charge in [-0.25, -0.2) is 0 Å². The van der Waals surface area contributed by atoms with Gasteiger partial charge in [-0.1, -0.05) is 151 Å². The second kappa shape index (κ2) is 18.9. The van der Waals surface area contributed by atoms with Crippen LogP contribution in [-0.2, 0) is 0 Å². The molecule has 11 aromatic carbocycles. The summed E-state index contributed by atoms with van der Waals surface area (Å²) in [5, 5.41) is 9.07. The van der Waals surface area contributed by atoms with Gasteiger partial charge in [-0.05, 0) is 157 Å². The summed E-state index contributed by atoms with van der Waals surface area (Å²) in [5.41, 5.74) is 19.3. The van der Waals surface area contributed by atoms with Crippen LogP contribution in [0.4, 0.5) is 34.1 Å². The average Bonchev–Trinajstić information content (AvgIpc) is 4.34. The molecule has 7 heteroatoms. The summed E-state index contributed by atoms with van der Waals surface area (Å²) < 4.78 is 10.8. The van der Waals surface area contributed by atoms with E-state index in [1.54, 1.807) is 0 Å². The summed E-state index contributed by atoms with van der Waals surface area (Å²) in [6.07, 6.45) is 0. The minimum absolute atomic E-state index is 0.496. The van der Waals surface area contributed by atoms with Crippen LogP contribution in [0.5, 0.6) is 0 Å². The highest BCUT2D eigenvalue weighted by Crippen LogP contribution is 2.44. The standard InChI is InChI=1S/C70H50N6O/c1-47-41-62(70-71-69(72-77-70)49-22-8-3-9-23-49)48(2)40-61(47)50-42-57(75-65-34-20-18-32-59(65)63-45-55(36-38-67(63)75)73(51-24-10-4-11-25-51)52-26-12-5-13-27-52)44-58(43-50)76-66-35-21-19-33-60(66)64-46-56(37-39-68(64)76)74(53-28-14-6-15-29-53)54-30-16-7-17-31-54/h3-46H,1-2H3. The first-order valence-electron chi connectivity index (χ1n) is 26.1. The highest BCUT2D eigenvalue weighted by molar-refractivity contribution is 6.12. The maximum Gasteiger partial charge on any atom is 0.258 e. The molecular weight excluding hydrogens is 941 g/mol. The average molecular weight is 991 g/mol. The number of aromatic nitrogens is 4. The van der Waals surface area contributed by atoms with Gasteiger partial charge in [0.2, 0.25) is 5.82 Å². The van der Waals surface area contributed by atoms with Crippen molar-refractivity contribution in [1.29, 1.82) is 0 Å². The van der Waals surface area contributed by atoms with Crippen LogP contribution in [0.3, 0.4) is 0 Å². The summed E-state index contributed by atoms with van der Waals surface area (Å²) in [4.78, 5) is 9.55. The maximum absolute atomic E-state index is 5.96. The summed E-state index contributed by atoms with van der Waals surface area (Å²) in [7, 11) is 0. The van der Waals surface area contributed by atoms with E-state index < -0.39 is 0 Å². The molecule has 0 N–H and O–H groups in total. The van der Waals surface area contributed by atoms with E-state index in [2.05, 4.69) is 275 Å². The molecule has 0 fully saturated rings. The normalized spacial score (nSPS) is 11.5. The smallest absolute Gasteiger partial charge is 0.258 e. The lowest BCUT2D eigenvalue weighted by atomic mass is 9.94. The van der Waals surface area contributed by atoms with E-state index in [9.17, 15) is 0 Å². The van der Waals surface area contributed by atoms with E-state index in [0.29, 0.717) is 11.7 Å². The van der Waals surface area contributed by atoms with Gasteiger partial charge in [0.1, 0.15) is 0 Å². The zero-order valence-electron chi connectivity index (χ0n) is 42.5. The topological polar surface area (TPSA) is 55.3 Å². The van der Waals surface area contributed by atoms with Crippen LogP contribution in [0.25, 0.3) is 89.0 Å². The Kier molecular flexibility index (Phi) is 11.1. The molecule has 0 amide bonds. The second-order valence-corrected chi connectivity index (χ2v) is 19.6. The Balaban J connectivity index is 0.987. The summed E-state index contributed by atoms with van der Waals surface area (Å²) >= 11 is 0. The number of para-hydroxylation sites is 6. The van der Waals surface area contributed by atoms with Gasteiger partial charge < -0.3 is 23.5 Å². The number of hydrogen-bond acceptors (Lipinski definition) is 5. The molecule has 0 unspecified atom stereocenters. The number of rotatable bonds is 11. The molecule has 0 bridgehead atoms. The van der Waals surface area contributed by atoms with Gasteiger partial charge in [0.05, 0.1) is 22.1 Å². The van der Waals surface area contributed by atoms with E-state index in [4.69, 9.17) is 9.51 Å². The van der Waals surface area contributed by atoms with Crippen molar-refractivity contribution in [2.24, 2.45) is 0 Å². The largest absolute Gasteiger partial charge is 0.334 e. The Bertz CT molecular complexity index is 4170. The van der Waals surface area contributed by atoms with E-state index in [0.717, 1.165) is 101 Å². The first-order valence-corrected chi connectivity index (χ1v) is 26.1. The maximum atomic E-state index is 5.96. The molecule has 14 rings (SSSR count). The molecule has 0 radical (unpaired) electrons. The highest BCUT2D eigenvalue weighted by Gasteiger charge is 2.23. The van der Waals surface area contributed by atoms with Gasteiger partial charge in [-0.15, -0.1) is 0 Å². The zero-order chi connectivity index (χ0) is 51.4. The van der Waals surface area contributed by atoms with Crippen LogP contribution < -0.4 is 9.80 Å². The molecule has 77 heavy (non-hydrogen) atoms. The van der Waals surface area contributed by atoms with Crippen molar-refractivity contribution in [2.45, 2.75) is 13.8 Å². The molecule has 3 aromatic heterocycles. The van der Waals surface area contributed by atoms with Crippen molar-refractivity contribution in [1.82, 2.24) is 19.3 Å². The zero-order valence-corrected chi connectivity index (χ0v) is 42.5. The molecule has 0 saturated carbocycles. The van der Waals surface area contributed by atoms with Crippen LogP contribution in [0.15, 0.2) is 271 Å². The van der Waals surface area contributed by atoms with Crippen LogP contribution in [-0.4, -0.2) is 19.3 Å². The van der Waals surface area contributed by atoms with Crippen molar-refractivity contribution < 1.29 is 4.52 Å². The van der Waals surface area contributed by atoms with Crippen LogP contribution >= 0.6 is 0 Å². The summed E-state index contributed by atoms with van der Waals surface area (Å²) in [5.74, 6) is 1.06. The third kappa shape index (κ3) is 8.00. The quantitative estimate of drug-likeness (QED) is 0.129. The third-order valence-electron chi connectivity index (χ3n) is 14.9. The van der Waals surface area contributed by atoms with Crippen LogP contribution in [0.2, 0.25) is 0 Å². The first-order chi connectivity index (χ1) is 38.0. The Hall–Kier alpha value is -10.2. The Labute approximate surface area is 446 Å². The fourth-order valence-electron chi connectivity index (χ4n) is 11.4. The fraction of sp³-hybridized carbons (Fsp3) is 0.0286. The third-order valence-corrected chi connectivity index (χ3v) is 14.9. The van der Waals surface area contributed by atoms with Crippen LogP contribution in [0, 0.1) is 13.8 Å². The molecule has 0 spiro atoms. The van der Waals surface area contributed by atoms with Gasteiger partial charge in [0.15, 0.2) is 0 Å². The lowest BCUT2D eigenvalue weighted by molar-refractivity contribution is 0.432. The minimum atomic E-state index is 0.496. The Morgan fingerprint density at radius 1 is 0.325 bits per heavy atom. The van der Waals surface area contributed by atoms with E-state index in [-0.39, 0.29) is 0 Å². The molecule has 0 saturated heterocycles. The summed E-state index contributed by atoms with van der Waals surface area (Å²) in [6, 6.07) is 95.4. The van der Waals surface area contributed by atoms with Crippen molar-refractivity contribution in [2.75, 3.05) is 9.80 Å². The minimum Gasteiger partial charge on any atom is -0.334 e. The van der Waals surface area contributed by atoms with Gasteiger partial charge in [0, 0.05) is 78.2 Å². The Morgan fingerprint density at radius 3 is 1.18 bits per heavy atom. The predicted molar refractivity (Wildman–Crippen MR) is 318 cm³/mol. The number of fused-ring (bicyclic) bond motifs is 6. The molecule has 7 nitrogen and oxygen atoms in total. The lowest BCUT2D eigenvalue weighted by Crippen LogP contribution is -2.09. The molecular formula is C70H50N6O. The van der Waals surface area contributed by atoms with Crippen molar-refractivity contribution >= 4 is 77.7 Å². The number of nitrogens with zero attached hydrogens (tertiary/aromatic N) is 6. The van der Waals surface area contributed by atoms with Gasteiger partial charge in [0.25, 0.3) is 5.89 Å². The first kappa shape index (κ1) is 45.4. The van der Waals surface area contributed by atoms with E-state index in [1.807, 2.05) is 30.3 Å². The molecule has 0 aliphatic carbocycles. The molecule has 366 valence electrons. The number of aryl methyl sites for hydroxylation is 2. The highest BCUT2D eigenvalue weighted by atomic mass is 16.5. The molecule has 3 heterocycles. The molecule has 0 aliphatic rings. The number of hydrogen-bond donors (Lipinski definition) is 0. The van der Waals surface area contributed by atoms with E-state index >= 15 is 0 Å². The molecule has 14 aromatic rings.